The number of H-pyrrole nitrogens is 1. The highest BCUT2D eigenvalue weighted by Crippen LogP contribution is 2.35. The molecule has 6 nitrogen and oxygen atoms in total. The molecule has 1 aliphatic carbocycles. The average molecular weight is 397 g/mol. The summed E-state index contributed by atoms with van der Waals surface area (Å²) in [4.78, 5) is 28.6. The van der Waals surface area contributed by atoms with Gasteiger partial charge in [-0.05, 0) is 62.3 Å². The lowest BCUT2D eigenvalue weighted by molar-refractivity contribution is 0.0156. The van der Waals surface area contributed by atoms with Crippen LogP contribution in [0.3, 0.4) is 0 Å². The summed E-state index contributed by atoms with van der Waals surface area (Å²) in [5, 5.41) is 0. The van der Waals surface area contributed by atoms with Crippen LogP contribution in [-0.4, -0.2) is 42.7 Å². The SMILES string of the molecule is CCOc1ccc(C2CC(=O)c3c([nH]c(C(=O)OCC4CCCO4)c3C)C2)cc1. The number of Topliss-reactive ketones (excluding diaryl/α,β-unsaturated/α-hetero) is 1. The summed E-state index contributed by atoms with van der Waals surface area (Å²) >= 11 is 0. The molecule has 4 rings (SSSR count). The van der Waals surface area contributed by atoms with Crippen molar-refractivity contribution in [1.82, 2.24) is 4.98 Å². The zero-order chi connectivity index (χ0) is 20.4. The summed E-state index contributed by atoms with van der Waals surface area (Å²) in [7, 11) is 0. The Morgan fingerprint density at radius 2 is 2.03 bits per heavy atom. The molecule has 1 N–H and O–H groups in total. The van der Waals surface area contributed by atoms with Crippen LogP contribution in [0, 0.1) is 6.92 Å². The van der Waals surface area contributed by atoms with Gasteiger partial charge in [-0.15, -0.1) is 0 Å². The molecule has 0 amide bonds. The number of ketones is 1. The van der Waals surface area contributed by atoms with Crippen molar-refractivity contribution in [3.63, 3.8) is 0 Å². The van der Waals surface area contributed by atoms with Crippen LogP contribution in [0.15, 0.2) is 24.3 Å². The highest BCUT2D eigenvalue weighted by molar-refractivity contribution is 6.03. The Morgan fingerprint density at radius 1 is 1.24 bits per heavy atom. The monoisotopic (exact) mass is 397 g/mol. The minimum Gasteiger partial charge on any atom is -0.494 e. The number of carbonyl (C=O) groups is 2. The number of aromatic nitrogens is 1. The van der Waals surface area contributed by atoms with Gasteiger partial charge in [-0.3, -0.25) is 4.79 Å². The Kier molecular flexibility index (Phi) is 5.72. The number of ether oxygens (including phenoxy) is 3. The van der Waals surface area contributed by atoms with Gasteiger partial charge in [-0.1, -0.05) is 12.1 Å². The van der Waals surface area contributed by atoms with Crippen molar-refractivity contribution >= 4 is 11.8 Å². The van der Waals surface area contributed by atoms with E-state index >= 15 is 0 Å². The van der Waals surface area contributed by atoms with Crippen LogP contribution in [-0.2, 0) is 15.9 Å². The van der Waals surface area contributed by atoms with Crippen molar-refractivity contribution in [1.29, 1.82) is 0 Å². The third-order valence-corrected chi connectivity index (χ3v) is 5.78. The van der Waals surface area contributed by atoms with Gasteiger partial charge in [0.1, 0.15) is 18.1 Å². The first-order chi connectivity index (χ1) is 14.1. The summed E-state index contributed by atoms with van der Waals surface area (Å²) < 4.78 is 16.4. The quantitative estimate of drug-likeness (QED) is 0.747. The molecule has 154 valence electrons. The molecule has 29 heavy (non-hydrogen) atoms. The number of nitrogens with one attached hydrogen (secondary N) is 1. The molecule has 2 unspecified atom stereocenters. The Morgan fingerprint density at radius 3 is 2.72 bits per heavy atom. The van der Waals surface area contributed by atoms with Crippen LogP contribution in [0.4, 0.5) is 0 Å². The maximum atomic E-state index is 12.8. The predicted octanol–water partition coefficient (Wildman–Crippen LogP) is 3.97. The largest absolute Gasteiger partial charge is 0.494 e. The predicted molar refractivity (Wildman–Crippen MR) is 108 cm³/mol. The molecule has 2 aromatic rings. The third-order valence-electron chi connectivity index (χ3n) is 5.78. The van der Waals surface area contributed by atoms with E-state index in [1.165, 1.54) is 0 Å². The summed E-state index contributed by atoms with van der Waals surface area (Å²) in [6.45, 7) is 5.36. The lowest BCUT2D eigenvalue weighted by atomic mass is 9.81. The van der Waals surface area contributed by atoms with Gasteiger partial charge in [-0.2, -0.15) is 0 Å². The fraction of sp³-hybridized carbons (Fsp3) is 0.478. The fourth-order valence-corrected chi connectivity index (χ4v) is 4.29. The lowest BCUT2D eigenvalue weighted by Gasteiger charge is -2.22. The zero-order valence-electron chi connectivity index (χ0n) is 17.0. The summed E-state index contributed by atoms with van der Waals surface area (Å²) in [5.41, 5.74) is 3.64. The summed E-state index contributed by atoms with van der Waals surface area (Å²) in [6, 6.07) is 7.90. The second-order valence-corrected chi connectivity index (χ2v) is 7.74. The molecular formula is C23H27NO5. The van der Waals surface area contributed by atoms with Gasteiger partial charge in [-0.25, -0.2) is 4.79 Å². The number of esters is 1. The van der Waals surface area contributed by atoms with Gasteiger partial charge in [0.2, 0.25) is 0 Å². The topological polar surface area (TPSA) is 77.6 Å². The van der Waals surface area contributed by atoms with Crippen LogP contribution in [0.25, 0.3) is 0 Å². The molecule has 1 aromatic carbocycles. The molecule has 0 spiro atoms. The smallest absolute Gasteiger partial charge is 0.355 e. The van der Waals surface area contributed by atoms with E-state index in [4.69, 9.17) is 14.2 Å². The minimum atomic E-state index is -0.419. The standard InChI is InChI=1S/C23H27NO5/c1-3-27-17-8-6-15(7-9-17)16-11-19-21(20(25)12-16)14(2)22(24-19)23(26)29-13-18-5-4-10-28-18/h6-9,16,18,24H,3-5,10-13H2,1-2H3. The second kappa shape index (κ2) is 8.41. The molecule has 0 bridgehead atoms. The van der Waals surface area contributed by atoms with Gasteiger partial charge >= 0.3 is 5.97 Å². The highest BCUT2D eigenvalue weighted by Gasteiger charge is 2.32. The van der Waals surface area contributed by atoms with Gasteiger partial charge in [0.05, 0.1) is 12.7 Å². The molecule has 1 fully saturated rings. The first kappa shape index (κ1) is 19.7. The van der Waals surface area contributed by atoms with E-state index in [0.717, 1.165) is 36.5 Å². The number of fused-ring (bicyclic) bond motifs is 1. The highest BCUT2D eigenvalue weighted by atomic mass is 16.6. The minimum absolute atomic E-state index is 0.0190. The molecule has 0 radical (unpaired) electrons. The number of aromatic amines is 1. The van der Waals surface area contributed by atoms with E-state index in [2.05, 4.69) is 4.98 Å². The number of benzene rings is 1. The first-order valence-corrected chi connectivity index (χ1v) is 10.3. The first-order valence-electron chi connectivity index (χ1n) is 10.3. The van der Waals surface area contributed by atoms with Crippen molar-refractivity contribution in [3.8, 4) is 5.75 Å². The van der Waals surface area contributed by atoms with E-state index in [0.29, 0.717) is 36.3 Å². The van der Waals surface area contributed by atoms with Gasteiger partial charge in [0.15, 0.2) is 5.78 Å². The van der Waals surface area contributed by atoms with Crippen LogP contribution in [0.5, 0.6) is 5.75 Å². The molecule has 1 aromatic heterocycles. The van der Waals surface area contributed by atoms with Crippen LogP contribution >= 0.6 is 0 Å². The molecule has 6 heteroatoms. The van der Waals surface area contributed by atoms with E-state index in [9.17, 15) is 9.59 Å². The van der Waals surface area contributed by atoms with E-state index in [-0.39, 0.29) is 24.4 Å². The second-order valence-electron chi connectivity index (χ2n) is 7.74. The normalized spacial score (nSPS) is 21.1. The Hall–Kier alpha value is -2.60. The van der Waals surface area contributed by atoms with Crippen LogP contribution < -0.4 is 4.74 Å². The third kappa shape index (κ3) is 4.08. The van der Waals surface area contributed by atoms with E-state index < -0.39 is 5.97 Å². The zero-order valence-corrected chi connectivity index (χ0v) is 17.0. The van der Waals surface area contributed by atoms with Crippen molar-refractivity contribution in [2.24, 2.45) is 0 Å². The molecular weight excluding hydrogens is 370 g/mol. The van der Waals surface area contributed by atoms with Gasteiger partial charge < -0.3 is 19.2 Å². The molecule has 2 atom stereocenters. The van der Waals surface area contributed by atoms with Crippen molar-refractivity contribution in [3.05, 3.63) is 52.3 Å². The molecule has 2 heterocycles. The molecule has 1 aliphatic heterocycles. The van der Waals surface area contributed by atoms with Crippen molar-refractivity contribution in [2.45, 2.75) is 51.6 Å². The van der Waals surface area contributed by atoms with Crippen LogP contribution in [0.1, 0.15) is 69.8 Å². The Labute approximate surface area is 170 Å². The van der Waals surface area contributed by atoms with E-state index in [1.807, 2.05) is 38.1 Å². The lowest BCUT2D eigenvalue weighted by Crippen LogP contribution is -2.18. The molecule has 1 saturated heterocycles. The fourth-order valence-electron chi connectivity index (χ4n) is 4.29. The van der Waals surface area contributed by atoms with Crippen LogP contribution in [0.2, 0.25) is 0 Å². The average Bonchev–Trinajstić information content (AvgIpc) is 3.35. The molecule has 2 aliphatic rings. The summed E-state index contributed by atoms with van der Waals surface area (Å²) in [5.74, 6) is 0.556. The molecule has 0 saturated carbocycles. The summed E-state index contributed by atoms with van der Waals surface area (Å²) in [6.07, 6.45) is 3.02. The van der Waals surface area contributed by atoms with Crippen molar-refractivity contribution < 1.29 is 23.8 Å². The maximum Gasteiger partial charge on any atom is 0.355 e. The number of hydrogen-bond donors (Lipinski definition) is 1. The number of hydrogen-bond acceptors (Lipinski definition) is 5. The van der Waals surface area contributed by atoms with E-state index in [1.54, 1.807) is 0 Å². The Bertz CT molecular complexity index is 893. The number of rotatable bonds is 6. The maximum absolute atomic E-state index is 12.8. The van der Waals surface area contributed by atoms with Gasteiger partial charge in [0.25, 0.3) is 0 Å². The van der Waals surface area contributed by atoms with Gasteiger partial charge in [0, 0.05) is 24.3 Å². The Balaban J connectivity index is 1.49. The van der Waals surface area contributed by atoms with Crippen molar-refractivity contribution in [2.75, 3.05) is 19.8 Å². The number of carbonyl (C=O) groups excluding carboxylic acids is 2.